The summed E-state index contributed by atoms with van der Waals surface area (Å²) in [7, 11) is 1.36. The molecule has 0 radical (unpaired) electrons. The molecule has 4 aromatic carbocycles. The summed E-state index contributed by atoms with van der Waals surface area (Å²) in [5, 5.41) is 5.95. The highest BCUT2D eigenvalue weighted by Gasteiger charge is 2.40. The average Bonchev–Trinajstić information content (AvgIpc) is 3.33. The number of ether oxygens (including phenoxy) is 1. The van der Waals surface area contributed by atoms with Crippen LogP contribution >= 0.6 is 11.6 Å². The van der Waals surface area contributed by atoms with Gasteiger partial charge in [-0.25, -0.2) is 9.48 Å². The van der Waals surface area contributed by atoms with Gasteiger partial charge >= 0.3 is 5.97 Å². The minimum Gasteiger partial charge on any atom is -0.465 e. The lowest BCUT2D eigenvalue weighted by Gasteiger charge is -2.37. The second-order valence-electron chi connectivity index (χ2n) is 8.14. The smallest absolute Gasteiger partial charge is 0.339 e. The van der Waals surface area contributed by atoms with Crippen molar-refractivity contribution in [1.82, 2.24) is 9.78 Å². The zero-order valence-electron chi connectivity index (χ0n) is 19.2. The van der Waals surface area contributed by atoms with E-state index in [1.165, 1.54) is 7.11 Å². The molecule has 0 spiro atoms. The summed E-state index contributed by atoms with van der Waals surface area (Å²) in [6, 6.07) is 32.5. The van der Waals surface area contributed by atoms with Gasteiger partial charge in [-0.2, -0.15) is 5.10 Å². The van der Waals surface area contributed by atoms with E-state index in [4.69, 9.17) is 21.4 Å². The Kier molecular flexibility index (Phi) is 5.98. The molecule has 1 aromatic heterocycles. The Hall–Kier alpha value is -4.15. The zero-order valence-corrected chi connectivity index (χ0v) is 19.9. The molecule has 0 aliphatic heterocycles. The minimum atomic E-state index is -0.835. The number of halogens is 1. The van der Waals surface area contributed by atoms with Gasteiger partial charge in [-0.05, 0) is 22.8 Å². The molecule has 172 valence electrons. The van der Waals surface area contributed by atoms with Crippen molar-refractivity contribution < 1.29 is 9.53 Å². The SMILES string of the molecule is C=Cc1c(Cl)cc2c(cnn2C(c2ccccc2)(c2ccccc2)c2ccccc2)c1C(=O)OC. The summed E-state index contributed by atoms with van der Waals surface area (Å²) in [5.74, 6) is -0.489. The monoisotopic (exact) mass is 478 g/mol. The fourth-order valence-corrected chi connectivity index (χ4v) is 5.12. The maximum Gasteiger partial charge on any atom is 0.339 e. The maximum absolute atomic E-state index is 12.9. The number of hydrogen-bond acceptors (Lipinski definition) is 3. The van der Waals surface area contributed by atoms with Gasteiger partial charge in [0.15, 0.2) is 0 Å². The van der Waals surface area contributed by atoms with E-state index in [1.54, 1.807) is 12.3 Å². The highest BCUT2D eigenvalue weighted by atomic mass is 35.5. The Bertz CT molecular complexity index is 1410. The molecule has 5 heteroatoms. The Balaban J connectivity index is 1.98. The van der Waals surface area contributed by atoms with Gasteiger partial charge in [-0.1, -0.05) is 115 Å². The number of benzene rings is 4. The molecule has 0 N–H and O–H groups in total. The summed E-state index contributed by atoms with van der Waals surface area (Å²) in [4.78, 5) is 12.9. The first-order valence-electron chi connectivity index (χ1n) is 11.2. The van der Waals surface area contributed by atoms with Crippen LogP contribution in [0.25, 0.3) is 17.0 Å². The Morgan fingerprint density at radius 2 is 1.40 bits per heavy atom. The minimum absolute atomic E-state index is 0.347. The third kappa shape index (κ3) is 3.54. The molecule has 0 fully saturated rings. The van der Waals surface area contributed by atoms with Crippen molar-refractivity contribution in [2.24, 2.45) is 0 Å². The van der Waals surface area contributed by atoms with E-state index in [9.17, 15) is 4.79 Å². The first-order valence-corrected chi connectivity index (χ1v) is 11.6. The van der Waals surface area contributed by atoms with E-state index in [0.29, 0.717) is 27.1 Å². The summed E-state index contributed by atoms with van der Waals surface area (Å²) in [5.41, 5.74) is 3.80. The van der Waals surface area contributed by atoms with E-state index in [1.807, 2.05) is 65.3 Å². The molecular weight excluding hydrogens is 456 g/mol. The third-order valence-electron chi connectivity index (χ3n) is 6.35. The number of carbonyl (C=O) groups excluding carboxylic acids is 1. The second kappa shape index (κ2) is 9.24. The van der Waals surface area contributed by atoms with Crippen LogP contribution in [0.15, 0.2) is 110 Å². The molecule has 0 amide bonds. The molecule has 0 bridgehead atoms. The maximum atomic E-state index is 12.9. The van der Waals surface area contributed by atoms with Gasteiger partial charge in [-0.3, -0.25) is 0 Å². The molecule has 35 heavy (non-hydrogen) atoms. The molecular formula is C30H23ClN2O2. The number of aromatic nitrogens is 2. The molecule has 0 atom stereocenters. The van der Waals surface area contributed by atoms with Crippen molar-refractivity contribution in [3.63, 3.8) is 0 Å². The number of hydrogen-bond donors (Lipinski definition) is 0. The van der Waals surface area contributed by atoms with Crippen LogP contribution < -0.4 is 0 Å². The van der Waals surface area contributed by atoms with E-state index < -0.39 is 11.5 Å². The average molecular weight is 479 g/mol. The predicted molar refractivity (Wildman–Crippen MR) is 141 cm³/mol. The number of nitrogens with zero attached hydrogens (tertiary/aromatic N) is 2. The van der Waals surface area contributed by atoms with Gasteiger partial charge in [-0.15, -0.1) is 0 Å². The largest absolute Gasteiger partial charge is 0.465 e. The highest BCUT2D eigenvalue weighted by Crippen LogP contribution is 2.43. The normalized spacial score (nSPS) is 11.4. The molecule has 0 saturated heterocycles. The lowest BCUT2D eigenvalue weighted by molar-refractivity contribution is 0.0603. The number of methoxy groups -OCH3 is 1. The van der Waals surface area contributed by atoms with Gasteiger partial charge in [0.25, 0.3) is 0 Å². The highest BCUT2D eigenvalue weighted by molar-refractivity contribution is 6.34. The van der Waals surface area contributed by atoms with Crippen LogP contribution in [0.5, 0.6) is 0 Å². The second-order valence-corrected chi connectivity index (χ2v) is 8.55. The number of esters is 1. The van der Waals surface area contributed by atoms with E-state index in [0.717, 1.165) is 16.7 Å². The molecule has 5 aromatic rings. The molecule has 1 heterocycles. The van der Waals surface area contributed by atoms with Crippen LogP contribution in [0.2, 0.25) is 5.02 Å². The van der Waals surface area contributed by atoms with Crippen molar-refractivity contribution in [3.8, 4) is 0 Å². The van der Waals surface area contributed by atoms with Gasteiger partial charge in [0, 0.05) is 10.9 Å². The van der Waals surface area contributed by atoms with Crippen molar-refractivity contribution in [3.05, 3.63) is 143 Å². The van der Waals surface area contributed by atoms with Crippen LogP contribution in [0.3, 0.4) is 0 Å². The van der Waals surface area contributed by atoms with Crippen molar-refractivity contribution in [1.29, 1.82) is 0 Å². The first-order chi connectivity index (χ1) is 17.1. The molecule has 0 unspecified atom stereocenters. The van der Waals surface area contributed by atoms with Crippen LogP contribution in [-0.4, -0.2) is 22.9 Å². The van der Waals surface area contributed by atoms with E-state index in [2.05, 4.69) is 43.0 Å². The lowest BCUT2D eigenvalue weighted by atomic mass is 9.77. The van der Waals surface area contributed by atoms with Crippen LogP contribution in [-0.2, 0) is 10.3 Å². The van der Waals surface area contributed by atoms with E-state index >= 15 is 0 Å². The fraction of sp³-hybridized carbons (Fsp3) is 0.0667. The third-order valence-corrected chi connectivity index (χ3v) is 6.66. The van der Waals surface area contributed by atoms with Gasteiger partial charge in [0.05, 0.1) is 29.4 Å². The molecule has 0 saturated carbocycles. The van der Waals surface area contributed by atoms with Crippen molar-refractivity contribution in [2.75, 3.05) is 7.11 Å². The summed E-state index contributed by atoms with van der Waals surface area (Å²) in [6.07, 6.45) is 3.28. The Morgan fingerprint density at radius 1 is 0.914 bits per heavy atom. The van der Waals surface area contributed by atoms with Gasteiger partial charge < -0.3 is 4.74 Å². The standard InChI is InChI=1S/C30H23ClN2O2/c1-3-24-26(31)19-27-25(28(24)29(34)35-2)20-32-33(27)30(21-13-7-4-8-14-21,22-15-9-5-10-16-22)23-17-11-6-12-18-23/h3-20H,1H2,2H3. The van der Waals surface area contributed by atoms with Crippen molar-refractivity contribution >= 4 is 34.5 Å². The number of fused-ring (bicyclic) bond motifs is 1. The fourth-order valence-electron chi connectivity index (χ4n) is 4.85. The van der Waals surface area contributed by atoms with Crippen LogP contribution in [0.1, 0.15) is 32.6 Å². The van der Waals surface area contributed by atoms with Crippen molar-refractivity contribution in [2.45, 2.75) is 5.54 Å². The molecule has 4 nitrogen and oxygen atoms in total. The van der Waals surface area contributed by atoms with Gasteiger partial charge in [0.1, 0.15) is 5.54 Å². The predicted octanol–water partition coefficient (Wildman–Crippen LogP) is 6.96. The topological polar surface area (TPSA) is 44.1 Å². The van der Waals surface area contributed by atoms with E-state index in [-0.39, 0.29) is 0 Å². The van der Waals surface area contributed by atoms with Crippen LogP contribution in [0.4, 0.5) is 0 Å². The lowest BCUT2D eigenvalue weighted by Crippen LogP contribution is -2.38. The summed E-state index contributed by atoms with van der Waals surface area (Å²) >= 11 is 6.71. The number of carbonyl (C=O) groups is 1. The molecule has 5 rings (SSSR count). The first kappa shape index (κ1) is 22.6. The quantitative estimate of drug-likeness (QED) is 0.196. The Labute approximate surface area is 209 Å². The summed E-state index contributed by atoms with van der Waals surface area (Å²) < 4.78 is 7.06. The van der Waals surface area contributed by atoms with Crippen LogP contribution in [0, 0.1) is 0 Å². The molecule has 0 aliphatic carbocycles. The molecule has 0 aliphatic rings. The zero-order chi connectivity index (χ0) is 24.4. The summed E-state index contributed by atoms with van der Waals surface area (Å²) in [6.45, 7) is 3.85. The van der Waals surface area contributed by atoms with Gasteiger partial charge in [0.2, 0.25) is 0 Å². The number of rotatable bonds is 6. The Morgan fingerprint density at radius 3 is 1.83 bits per heavy atom.